The molecule has 0 bridgehead atoms. The summed E-state index contributed by atoms with van der Waals surface area (Å²) in [4.78, 5) is 17.0. The fraction of sp³-hybridized carbons (Fsp3) is 0.381. The molecule has 1 fully saturated rings. The molecule has 1 heterocycles. The maximum atomic E-state index is 13.1. The van der Waals surface area contributed by atoms with Gasteiger partial charge in [0, 0.05) is 45.0 Å². The van der Waals surface area contributed by atoms with Crippen LogP contribution in [-0.2, 0) is 0 Å². The molecule has 0 atom stereocenters. The van der Waals surface area contributed by atoms with Gasteiger partial charge in [0.25, 0.3) is 5.91 Å². The maximum absolute atomic E-state index is 13.1. The molecule has 1 amide bonds. The van der Waals surface area contributed by atoms with E-state index in [9.17, 15) is 9.18 Å². The van der Waals surface area contributed by atoms with Crippen LogP contribution in [0.25, 0.3) is 0 Å². The molecule has 0 saturated carbocycles. The lowest BCUT2D eigenvalue weighted by Crippen LogP contribution is -2.48. The van der Waals surface area contributed by atoms with Crippen LogP contribution in [-0.4, -0.2) is 64.3 Å². The minimum absolute atomic E-state index is 0.180. The summed E-state index contributed by atoms with van der Waals surface area (Å²) in [6.45, 7) is 4.88. The molecule has 150 valence electrons. The number of halogens is 1. The molecule has 28 heavy (non-hydrogen) atoms. The van der Waals surface area contributed by atoms with E-state index in [-0.39, 0.29) is 11.7 Å². The first-order valence-electron chi connectivity index (χ1n) is 9.34. The van der Waals surface area contributed by atoms with Gasteiger partial charge in [-0.3, -0.25) is 9.69 Å². The SMILES string of the molecule is COc1ccc(OC)c(C(=O)NCCN2CCN(c3ccc(F)cc3)CC2)c1. The number of nitrogens with one attached hydrogen (secondary N) is 1. The number of hydrogen-bond acceptors (Lipinski definition) is 5. The molecule has 2 aromatic carbocycles. The summed E-state index contributed by atoms with van der Waals surface area (Å²) in [5.74, 6) is 0.737. The Balaban J connectivity index is 1.46. The fourth-order valence-electron chi connectivity index (χ4n) is 3.30. The highest BCUT2D eigenvalue weighted by Crippen LogP contribution is 2.23. The fourth-order valence-corrected chi connectivity index (χ4v) is 3.30. The largest absolute Gasteiger partial charge is 0.497 e. The van der Waals surface area contributed by atoms with Crippen molar-refractivity contribution in [2.24, 2.45) is 0 Å². The van der Waals surface area contributed by atoms with E-state index < -0.39 is 0 Å². The number of piperazine rings is 1. The number of carbonyl (C=O) groups excluding carboxylic acids is 1. The van der Waals surface area contributed by atoms with Gasteiger partial charge in [-0.25, -0.2) is 4.39 Å². The van der Waals surface area contributed by atoms with Gasteiger partial charge in [0.15, 0.2) is 0 Å². The Morgan fingerprint density at radius 2 is 1.75 bits per heavy atom. The van der Waals surface area contributed by atoms with Crippen LogP contribution in [0.3, 0.4) is 0 Å². The number of nitrogens with zero attached hydrogens (tertiary/aromatic N) is 2. The van der Waals surface area contributed by atoms with Gasteiger partial charge in [-0.15, -0.1) is 0 Å². The first kappa shape index (κ1) is 19.9. The van der Waals surface area contributed by atoms with E-state index in [0.29, 0.717) is 23.6 Å². The highest BCUT2D eigenvalue weighted by molar-refractivity contribution is 5.97. The normalized spacial score (nSPS) is 14.6. The first-order valence-corrected chi connectivity index (χ1v) is 9.34. The van der Waals surface area contributed by atoms with Crippen LogP contribution in [0.5, 0.6) is 11.5 Å². The van der Waals surface area contributed by atoms with Gasteiger partial charge in [-0.2, -0.15) is 0 Å². The number of rotatable bonds is 7. The Labute approximate surface area is 164 Å². The van der Waals surface area contributed by atoms with Gasteiger partial charge in [-0.05, 0) is 42.5 Å². The average molecular weight is 387 g/mol. The van der Waals surface area contributed by atoms with Crippen molar-refractivity contribution in [3.05, 3.63) is 53.8 Å². The van der Waals surface area contributed by atoms with E-state index in [1.165, 1.54) is 12.1 Å². The molecule has 3 rings (SSSR count). The van der Waals surface area contributed by atoms with Crippen molar-refractivity contribution in [2.45, 2.75) is 0 Å². The molecule has 0 unspecified atom stereocenters. The quantitative estimate of drug-likeness (QED) is 0.791. The summed E-state index contributed by atoms with van der Waals surface area (Å²) < 4.78 is 23.5. The maximum Gasteiger partial charge on any atom is 0.255 e. The molecule has 1 saturated heterocycles. The molecule has 7 heteroatoms. The van der Waals surface area contributed by atoms with E-state index in [4.69, 9.17) is 9.47 Å². The number of benzene rings is 2. The van der Waals surface area contributed by atoms with Crippen molar-refractivity contribution in [1.82, 2.24) is 10.2 Å². The third-order valence-corrected chi connectivity index (χ3v) is 4.93. The van der Waals surface area contributed by atoms with E-state index in [2.05, 4.69) is 15.1 Å². The summed E-state index contributed by atoms with van der Waals surface area (Å²) in [6, 6.07) is 11.8. The number of amides is 1. The minimum Gasteiger partial charge on any atom is -0.497 e. The molecule has 0 spiro atoms. The van der Waals surface area contributed by atoms with E-state index in [1.54, 1.807) is 32.4 Å². The molecule has 1 N–H and O–H groups in total. The standard InChI is InChI=1S/C21H26FN3O3/c1-27-18-7-8-20(28-2)19(15-18)21(26)23-9-10-24-11-13-25(14-12-24)17-5-3-16(22)4-6-17/h3-8,15H,9-14H2,1-2H3,(H,23,26). The lowest BCUT2D eigenvalue weighted by Gasteiger charge is -2.36. The number of ether oxygens (including phenoxy) is 2. The van der Waals surface area contributed by atoms with Crippen molar-refractivity contribution < 1.29 is 18.7 Å². The third kappa shape index (κ3) is 4.92. The monoisotopic (exact) mass is 387 g/mol. The molecule has 0 aromatic heterocycles. The number of carbonyl (C=O) groups is 1. The van der Waals surface area contributed by atoms with Gasteiger partial charge >= 0.3 is 0 Å². The van der Waals surface area contributed by atoms with Crippen LogP contribution in [0, 0.1) is 5.82 Å². The molecule has 0 radical (unpaired) electrons. The van der Waals surface area contributed by atoms with Crippen molar-refractivity contribution in [2.75, 3.05) is 58.4 Å². The highest BCUT2D eigenvalue weighted by Gasteiger charge is 2.18. The molecular weight excluding hydrogens is 361 g/mol. The zero-order chi connectivity index (χ0) is 19.9. The summed E-state index contributed by atoms with van der Waals surface area (Å²) in [5.41, 5.74) is 1.50. The number of anilines is 1. The Morgan fingerprint density at radius 3 is 2.39 bits per heavy atom. The smallest absolute Gasteiger partial charge is 0.255 e. The second kappa shape index (κ2) is 9.41. The van der Waals surface area contributed by atoms with E-state index in [0.717, 1.165) is 38.4 Å². The number of methoxy groups -OCH3 is 2. The zero-order valence-corrected chi connectivity index (χ0v) is 16.3. The van der Waals surface area contributed by atoms with Gasteiger partial charge in [0.05, 0.1) is 19.8 Å². The number of hydrogen-bond donors (Lipinski definition) is 1. The van der Waals surface area contributed by atoms with Crippen LogP contribution >= 0.6 is 0 Å². The molecule has 1 aliphatic rings. The van der Waals surface area contributed by atoms with Gasteiger partial charge in [0.2, 0.25) is 0 Å². The molecule has 1 aliphatic heterocycles. The Kier molecular flexibility index (Phi) is 6.71. The lowest BCUT2D eigenvalue weighted by molar-refractivity contribution is 0.0944. The predicted octanol–water partition coefficient (Wildman–Crippen LogP) is 2.39. The van der Waals surface area contributed by atoms with Crippen molar-refractivity contribution in [3.8, 4) is 11.5 Å². The summed E-state index contributed by atoms with van der Waals surface area (Å²) in [6.07, 6.45) is 0. The summed E-state index contributed by atoms with van der Waals surface area (Å²) >= 11 is 0. The summed E-state index contributed by atoms with van der Waals surface area (Å²) in [7, 11) is 3.11. The lowest BCUT2D eigenvalue weighted by atomic mass is 10.1. The first-order chi connectivity index (χ1) is 13.6. The van der Waals surface area contributed by atoms with Crippen LogP contribution < -0.4 is 19.7 Å². The minimum atomic E-state index is -0.217. The highest BCUT2D eigenvalue weighted by atomic mass is 19.1. The van der Waals surface area contributed by atoms with Crippen molar-refractivity contribution >= 4 is 11.6 Å². The van der Waals surface area contributed by atoms with Crippen LogP contribution in [0.15, 0.2) is 42.5 Å². The van der Waals surface area contributed by atoms with Crippen LogP contribution in [0.1, 0.15) is 10.4 Å². The van der Waals surface area contributed by atoms with Crippen molar-refractivity contribution in [1.29, 1.82) is 0 Å². The second-order valence-electron chi connectivity index (χ2n) is 6.63. The molecular formula is C21H26FN3O3. The van der Waals surface area contributed by atoms with Gasteiger partial charge in [-0.1, -0.05) is 0 Å². The zero-order valence-electron chi connectivity index (χ0n) is 16.3. The molecule has 0 aliphatic carbocycles. The molecule has 6 nitrogen and oxygen atoms in total. The van der Waals surface area contributed by atoms with E-state index >= 15 is 0 Å². The van der Waals surface area contributed by atoms with Crippen LogP contribution in [0.4, 0.5) is 10.1 Å². The summed E-state index contributed by atoms with van der Waals surface area (Å²) in [5, 5.41) is 2.95. The Bertz CT molecular complexity index is 790. The topological polar surface area (TPSA) is 54.0 Å². The Morgan fingerprint density at radius 1 is 1.04 bits per heavy atom. The predicted molar refractivity (Wildman–Crippen MR) is 107 cm³/mol. The third-order valence-electron chi connectivity index (χ3n) is 4.93. The van der Waals surface area contributed by atoms with Gasteiger partial charge < -0.3 is 19.7 Å². The average Bonchev–Trinajstić information content (AvgIpc) is 2.74. The Hall–Kier alpha value is -2.80. The second-order valence-corrected chi connectivity index (χ2v) is 6.63. The van der Waals surface area contributed by atoms with Crippen LogP contribution in [0.2, 0.25) is 0 Å². The van der Waals surface area contributed by atoms with E-state index in [1.807, 2.05) is 12.1 Å². The van der Waals surface area contributed by atoms with Gasteiger partial charge in [0.1, 0.15) is 17.3 Å². The van der Waals surface area contributed by atoms with Crippen molar-refractivity contribution in [3.63, 3.8) is 0 Å². The molecule has 2 aromatic rings.